The number of hydrogen-bond donors (Lipinski definition) is 3. The largest absolute Gasteiger partial charge is 0.394 e. The van der Waals surface area contributed by atoms with Crippen molar-refractivity contribution in [1.29, 1.82) is 0 Å². The summed E-state index contributed by atoms with van der Waals surface area (Å²) in [5.74, 6) is 0. The topological polar surface area (TPSA) is 66.5 Å². The SMILES string of the molecule is CCCCCCCc1csc(CCC(N)(CO)CO)c1. The summed E-state index contributed by atoms with van der Waals surface area (Å²) in [7, 11) is 0. The number of aryl methyl sites for hydroxylation is 2. The molecule has 1 aromatic rings. The molecule has 0 fully saturated rings. The Hall–Kier alpha value is -0.420. The Morgan fingerprint density at radius 2 is 1.80 bits per heavy atom. The molecular formula is C16H29NO2S. The quantitative estimate of drug-likeness (QED) is 0.550. The lowest BCUT2D eigenvalue weighted by atomic mass is 9.96. The number of nitrogens with two attached hydrogens (primary N) is 1. The van der Waals surface area contributed by atoms with Crippen LogP contribution in [0.1, 0.15) is 55.9 Å². The Morgan fingerprint density at radius 3 is 2.45 bits per heavy atom. The molecule has 3 nitrogen and oxygen atoms in total. The maximum atomic E-state index is 9.17. The Balaban J connectivity index is 2.29. The van der Waals surface area contributed by atoms with Gasteiger partial charge in [0.25, 0.3) is 0 Å². The van der Waals surface area contributed by atoms with Crippen molar-refractivity contribution in [2.24, 2.45) is 5.73 Å². The van der Waals surface area contributed by atoms with E-state index in [2.05, 4.69) is 18.4 Å². The summed E-state index contributed by atoms with van der Waals surface area (Å²) in [4.78, 5) is 1.30. The van der Waals surface area contributed by atoms with Crippen molar-refractivity contribution in [3.8, 4) is 0 Å². The molecule has 116 valence electrons. The van der Waals surface area contributed by atoms with Crippen molar-refractivity contribution in [3.63, 3.8) is 0 Å². The van der Waals surface area contributed by atoms with Gasteiger partial charge in [0.05, 0.1) is 18.8 Å². The van der Waals surface area contributed by atoms with Gasteiger partial charge in [0.1, 0.15) is 0 Å². The van der Waals surface area contributed by atoms with Crippen LogP contribution in [0.5, 0.6) is 0 Å². The van der Waals surface area contributed by atoms with Gasteiger partial charge in [0.15, 0.2) is 0 Å². The summed E-state index contributed by atoms with van der Waals surface area (Å²) in [6.07, 6.45) is 9.18. The Kier molecular flexibility index (Phi) is 8.38. The monoisotopic (exact) mass is 299 g/mol. The summed E-state index contributed by atoms with van der Waals surface area (Å²) in [5.41, 5.74) is 6.45. The molecule has 4 heteroatoms. The van der Waals surface area contributed by atoms with E-state index in [0.717, 1.165) is 12.8 Å². The highest BCUT2D eigenvalue weighted by Crippen LogP contribution is 2.21. The second-order valence-corrected chi connectivity index (χ2v) is 6.76. The second-order valence-electron chi connectivity index (χ2n) is 5.76. The average molecular weight is 299 g/mol. The lowest BCUT2D eigenvalue weighted by molar-refractivity contribution is 0.115. The summed E-state index contributed by atoms with van der Waals surface area (Å²) in [6.45, 7) is 1.90. The molecule has 1 rings (SSSR count). The molecule has 0 saturated carbocycles. The van der Waals surface area contributed by atoms with E-state index >= 15 is 0 Å². The van der Waals surface area contributed by atoms with Gasteiger partial charge >= 0.3 is 0 Å². The zero-order valence-electron chi connectivity index (χ0n) is 12.6. The summed E-state index contributed by atoms with van der Waals surface area (Å²) in [6, 6.07) is 2.25. The number of aliphatic hydroxyl groups is 2. The van der Waals surface area contributed by atoms with Gasteiger partial charge in [-0.15, -0.1) is 11.3 Å². The van der Waals surface area contributed by atoms with E-state index < -0.39 is 5.54 Å². The Bertz CT molecular complexity index is 361. The van der Waals surface area contributed by atoms with E-state index in [4.69, 9.17) is 5.73 Å². The van der Waals surface area contributed by atoms with Gasteiger partial charge < -0.3 is 15.9 Å². The van der Waals surface area contributed by atoms with Crippen molar-refractivity contribution < 1.29 is 10.2 Å². The van der Waals surface area contributed by atoms with Crippen LogP contribution in [0, 0.1) is 0 Å². The maximum absolute atomic E-state index is 9.17. The van der Waals surface area contributed by atoms with Gasteiger partial charge in [-0.05, 0) is 42.7 Å². The molecule has 20 heavy (non-hydrogen) atoms. The van der Waals surface area contributed by atoms with Crippen molar-refractivity contribution in [1.82, 2.24) is 0 Å². The first kappa shape index (κ1) is 17.6. The third kappa shape index (κ3) is 6.35. The van der Waals surface area contributed by atoms with Crippen LogP contribution < -0.4 is 5.73 Å². The third-order valence-corrected chi connectivity index (χ3v) is 4.82. The molecule has 0 amide bonds. The summed E-state index contributed by atoms with van der Waals surface area (Å²) >= 11 is 1.76. The predicted octanol–water partition coefficient (Wildman–Crippen LogP) is 2.88. The molecule has 0 saturated heterocycles. The average Bonchev–Trinajstić information content (AvgIpc) is 2.92. The van der Waals surface area contributed by atoms with Crippen molar-refractivity contribution in [3.05, 3.63) is 21.9 Å². The van der Waals surface area contributed by atoms with Gasteiger partial charge in [0, 0.05) is 4.88 Å². The molecule has 0 radical (unpaired) electrons. The summed E-state index contributed by atoms with van der Waals surface area (Å²) < 4.78 is 0. The molecular weight excluding hydrogens is 270 g/mol. The summed E-state index contributed by atoms with van der Waals surface area (Å²) in [5, 5.41) is 20.6. The van der Waals surface area contributed by atoms with Gasteiger partial charge in [0.2, 0.25) is 0 Å². The van der Waals surface area contributed by atoms with E-state index in [1.54, 1.807) is 11.3 Å². The molecule has 0 aliphatic rings. The van der Waals surface area contributed by atoms with Crippen molar-refractivity contribution in [2.75, 3.05) is 13.2 Å². The second kappa shape index (κ2) is 9.50. The molecule has 0 bridgehead atoms. The smallest absolute Gasteiger partial charge is 0.0633 e. The Morgan fingerprint density at radius 1 is 1.10 bits per heavy atom. The maximum Gasteiger partial charge on any atom is 0.0633 e. The number of unbranched alkanes of at least 4 members (excludes halogenated alkanes) is 4. The predicted molar refractivity (Wildman–Crippen MR) is 86.2 cm³/mol. The fraction of sp³-hybridized carbons (Fsp3) is 0.750. The van der Waals surface area contributed by atoms with Crippen LogP contribution in [-0.2, 0) is 12.8 Å². The fourth-order valence-electron chi connectivity index (χ4n) is 2.20. The number of rotatable bonds is 11. The third-order valence-electron chi connectivity index (χ3n) is 3.78. The minimum atomic E-state index is -0.843. The molecule has 0 unspecified atom stereocenters. The highest BCUT2D eigenvalue weighted by molar-refractivity contribution is 7.10. The molecule has 1 heterocycles. The van der Waals surface area contributed by atoms with Crippen LogP contribution in [0.2, 0.25) is 0 Å². The first-order valence-corrected chi connectivity index (χ1v) is 8.58. The van der Waals surface area contributed by atoms with Crippen LogP contribution in [0.4, 0.5) is 0 Å². The van der Waals surface area contributed by atoms with E-state index in [9.17, 15) is 10.2 Å². The molecule has 0 aliphatic carbocycles. The van der Waals surface area contributed by atoms with E-state index in [1.807, 2.05) is 0 Å². The van der Waals surface area contributed by atoms with Gasteiger partial charge in [-0.2, -0.15) is 0 Å². The number of thiophene rings is 1. The normalized spacial score (nSPS) is 12.0. The minimum absolute atomic E-state index is 0.167. The van der Waals surface area contributed by atoms with Crippen LogP contribution in [0.15, 0.2) is 11.4 Å². The number of aliphatic hydroxyl groups excluding tert-OH is 2. The van der Waals surface area contributed by atoms with Crippen LogP contribution in [-0.4, -0.2) is 29.0 Å². The van der Waals surface area contributed by atoms with E-state index in [0.29, 0.717) is 6.42 Å². The van der Waals surface area contributed by atoms with Crippen LogP contribution in [0.25, 0.3) is 0 Å². The zero-order valence-corrected chi connectivity index (χ0v) is 13.4. The minimum Gasteiger partial charge on any atom is -0.394 e. The fourth-order valence-corrected chi connectivity index (χ4v) is 3.13. The first-order valence-electron chi connectivity index (χ1n) is 7.70. The molecule has 1 aromatic heterocycles. The molecule has 0 spiro atoms. The molecule has 0 aromatic carbocycles. The highest BCUT2D eigenvalue weighted by atomic mass is 32.1. The van der Waals surface area contributed by atoms with Crippen molar-refractivity contribution >= 4 is 11.3 Å². The molecule has 0 aliphatic heterocycles. The van der Waals surface area contributed by atoms with Crippen LogP contribution >= 0.6 is 11.3 Å². The van der Waals surface area contributed by atoms with E-state index in [-0.39, 0.29) is 13.2 Å². The zero-order chi connectivity index (χ0) is 14.8. The highest BCUT2D eigenvalue weighted by Gasteiger charge is 2.22. The first-order chi connectivity index (χ1) is 9.63. The van der Waals surface area contributed by atoms with Crippen LogP contribution in [0.3, 0.4) is 0 Å². The lowest BCUT2D eigenvalue weighted by Gasteiger charge is -2.23. The Labute approximate surface area is 126 Å². The van der Waals surface area contributed by atoms with Crippen molar-refractivity contribution in [2.45, 2.75) is 63.8 Å². The van der Waals surface area contributed by atoms with Gasteiger partial charge in [-0.1, -0.05) is 32.6 Å². The molecule has 4 N–H and O–H groups in total. The number of hydrogen-bond acceptors (Lipinski definition) is 4. The van der Waals surface area contributed by atoms with Gasteiger partial charge in [-0.25, -0.2) is 0 Å². The lowest BCUT2D eigenvalue weighted by Crippen LogP contribution is -2.47. The molecule has 0 atom stereocenters. The standard InChI is InChI=1S/C16H29NO2S/c1-2-3-4-5-6-7-14-10-15(20-11-14)8-9-16(17,12-18)13-19/h10-11,18-19H,2-9,12-13,17H2,1H3. The van der Waals surface area contributed by atoms with Gasteiger partial charge in [-0.3, -0.25) is 0 Å². The van der Waals surface area contributed by atoms with E-state index in [1.165, 1.54) is 42.5 Å².